The molecule has 0 aromatic heterocycles. The van der Waals surface area contributed by atoms with Gasteiger partial charge in [-0.25, -0.2) is 0 Å². The van der Waals surface area contributed by atoms with Gasteiger partial charge in [0.05, 0.1) is 24.7 Å². The van der Waals surface area contributed by atoms with Gasteiger partial charge in [0.25, 0.3) is 0 Å². The summed E-state index contributed by atoms with van der Waals surface area (Å²) in [6.07, 6.45) is 3.75. The smallest absolute Gasteiger partial charge is 0.0971 e. The predicted octanol–water partition coefficient (Wildman–Crippen LogP) is 2.64. The summed E-state index contributed by atoms with van der Waals surface area (Å²) in [5.74, 6) is 0.929. The van der Waals surface area contributed by atoms with Crippen molar-refractivity contribution in [1.29, 1.82) is 0 Å². The number of amidine groups is 1. The van der Waals surface area contributed by atoms with Crippen LogP contribution in [0, 0.1) is 0 Å². The van der Waals surface area contributed by atoms with E-state index in [-0.39, 0.29) is 0 Å². The van der Waals surface area contributed by atoms with Crippen molar-refractivity contribution in [3.8, 4) is 0 Å². The van der Waals surface area contributed by atoms with Gasteiger partial charge in [-0.3, -0.25) is 13.8 Å². The second kappa shape index (κ2) is 6.03. The summed E-state index contributed by atoms with van der Waals surface area (Å²) < 4.78 is 24.7. The molecule has 0 bridgehead atoms. The molecule has 0 spiro atoms. The summed E-state index contributed by atoms with van der Waals surface area (Å²) in [4.78, 5) is 4.46. The van der Waals surface area contributed by atoms with Crippen LogP contribution in [0.15, 0.2) is 4.99 Å². The van der Waals surface area contributed by atoms with Gasteiger partial charge >= 0.3 is 0 Å². The number of nitrogens with one attached hydrogen (secondary N) is 1. The first-order valence-electron chi connectivity index (χ1n) is 5.71. The largest absolute Gasteiger partial charge is 0.371 e. The lowest BCUT2D eigenvalue weighted by atomic mass is 9.94. The lowest BCUT2D eigenvalue weighted by Gasteiger charge is -2.21. The van der Waals surface area contributed by atoms with Gasteiger partial charge in [-0.05, 0) is 6.42 Å². The zero-order valence-corrected chi connectivity index (χ0v) is 9.36. The van der Waals surface area contributed by atoms with E-state index in [2.05, 4.69) is 17.2 Å². The molecule has 0 saturated heterocycles. The van der Waals surface area contributed by atoms with Gasteiger partial charge in [-0.2, -0.15) is 0 Å². The number of hydrogen-bond donors (Lipinski definition) is 1. The standard InChI is InChI=1S/C11H20F2N2/c1-2-3-4-10-14-9-11(15-10,5-7-12)6-8-13/h2-9H2,1H3,(H,14,15). The van der Waals surface area contributed by atoms with Gasteiger partial charge in [0.2, 0.25) is 0 Å². The minimum absolute atomic E-state index is 0.333. The molecule has 0 unspecified atom stereocenters. The van der Waals surface area contributed by atoms with Crippen LogP contribution in [0.25, 0.3) is 0 Å². The Morgan fingerprint density at radius 3 is 2.53 bits per heavy atom. The highest BCUT2D eigenvalue weighted by molar-refractivity contribution is 5.84. The summed E-state index contributed by atoms with van der Waals surface area (Å²) >= 11 is 0. The van der Waals surface area contributed by atoms with Crippen LogP contribution in [0.4, 0.5) is 8.78 Å². The first-order chi connectivity index (χ1) is 7.26. The normalized spacial score (nSPS) is 18.7. The molecular weight excluding hydrogens is 198 g/mol. The Kier molecular flexibility index (Phi) is 4.99. The van der Waals surface area contributed by atoms with E-state index in [0.717, 1.165) is 25.1 Å². The maximum absolute atomic E-state index is 12.4. The topological polar surface area (TPSA) is 24.4 Å². The molecule has 4 heteroatoms. The first-order valence-corrected chi connectivity index (χ1v) is 5.71. The molecule has 0 saturated carbocycles. The van der Waals surface area contributed by atoms with Crippen molar-refractivity contribution in [3.63, 3.8) is 0 Å². The Morgan fingerprint density at radius 2 is 2.00 bits per heavy atom. The zero-order valence-electron chi connectivity index (χ0n) is 9.36. The molecule has 0 fully saturated rings. The number of hydrogen-bond acceptors (Lipinski definition) is 2. The fraction of sp³-hybridized carbons (Fsp3) is 0.909. The van der Waals surface area contributed by atoms with Gasteiger partial charge in [-0.1, -0.05) is 13.3 Å². The third-order valence-corrected chi connectivity index (χ3v) is 2.88. The van der Waals surface area contributed by atoms with E-state index in [1.165, 1.54) is 0 Å². The minimum atomic E-state index is -0.507. The summed E-state index contributed by atoms with van der Waals surface area (Å²) in [6.45, 7) is 1.87. The van der Waals surface area contributed by atoms with Crippen molar-refractivity contribution >= 4 is 5.84 Å². The molecule has 1 heterocycles. The molecule has 0 aromatic carbocycles. The molecule has 0 amide bonds. The summed E-state index contributed by atoms with van der Waals surface area (Å²) in [7, 11) is 0. The van der Waals surface area contributed by atoms with E-state index in [9.17, 15) is 8.78 Å². The highest BCUT2D eigenvalue weighted by Gasteiger charge is 2.33. The molecule has 88 valence electrons. The fourth-order valence-corrected chi connectivity index (χ4v) is 1.89. The summed E-state index contributed by atoms with van der Waals surface area (Å²) in [5.41, 5.74) is -0.507. The van der Waals surface area contributed by atoms with E-state index >= 15 is 0 Å². The molecule has 15 heavy (non-hydrogen) atoms. The quantitative estimate of drug-likeness (QED) is 0.698. The van der Waals surface area contributed by atoms with E-state index in [0.29, 0.717) is 19.4 Å². The molecule has 1 aliphatic heterocycles. The number of rotatable bonds is 7. The van der Waals surface area contributed by atoms with Crippen molar-refractivity contribution < 1.29 is 8.78 Å². The Bertz CT molecular complexity index is 211. The van der Waals surface area contributed by atoms with Gasteiger partial charge in [0, 0.05) is 25.8 Å². The zero-order chi connectivity index (χ0) is 11.1. The van der Waals surface area contributed by atoms with Crippen LogP contribution in [0.1, 0.15) is 39.0 Å². The average molecular weight is 218 g/mol. The van der Waals surface area contributed by atoms with Crippen molar-refractivity contribution in [2.75, 3.05) is 19.9 Å². The Labute approximate surface area is 90.2 Å². The first kappa shape index (κ1) is 12.4. The maximum atomic E-state index is 12.4. The SMILES string of the molecule is CCCCC1=NC(CCF)(CCF)CN1. The van der Waals surface area contributed by atoms with Crippen LogP contribution in [-0.4, -0.2) is 31.3 Å². The predicted molar refractivity (Wildman–Crippen MR) is 58.9 cm³/mol. The van der Waals surface area contributed by atoms with Gasteiger partial charge in [0.1, 0.15) is 0 Å². The molecule has 1 aliphatic rings. The molecule has 0 aromatic rings. The summed E-state index contributed by atoms with van der Waals surface area (Å²) in [5, 5.41) is 3.17. The molecule has 1 N–H and O–H groups in total. The van der Waals surface area contributed by atoms with E-state index < -0.39 is 18.9 Å². The van der Waals surface area contributed by atoms with Gasteiger partial charge < -0.3 is 5.32 Å². The molecule has 1 rings (SSSR count). The van der Waals surface area contributed by atoms with Crippen LogP contribution < -0.4 is 5.32 Å². The van der Waals surface area contributed by atoms with Crippen molar-refractivity contribution in [1.82, 2.24) is 5.32 Å². The monoisotopic (exact) mass is 218 g/mol. The van der Waals surface area contributed by atoms with E-state index in [1.807, 2.05) is 0 Å². The highest BCUT2D eigenvalue weighted by Crippen LogP contribution is 2.25. The van der Waals surface area contributed by atoms with Crippen LogP contribution in [0.2, 0.25) is 0 Å². The van der Waals surface area contributed by atoms with Crippen molar-refractivity contribution in [3.05, 3.63) is 0 Å². The number of aliphatic imine (C=N–C) groups is 1. The molecule has 2 nitrogen and oxygen atoms in total. The number of nitrogens with zero attached hydrogens (tertiary/aromatic N) is 1. The van der Waals surface area contributed by atoms with Gasteiger partial charge in [0.15, 0.2) is 0 Å². The van der Waals surface area contributed by atoms with Crippen LogP contribution >= 0.6 is 0 Å². The third-order valence-electron chi connectivity index (χ3n) is 2.88. The van der Waals surface area contributed by atoms with Crippen molar-refractivity contribution in [2.45, 2.75) is 44.6 Å². The van der Waals surface area contributed by atoms with E-state index in [4.69, 9.17) is 0 Å². The Hall–Kier alpha value is -0.670. The number of alkyl halides is 2. The molecule has 0 atom stereocenters. The minimum Gasteiger partial charge on any atom is -0.371 e. The van der Waals surface area contributed by atoms with Crippen molar-refractivity contribution in [2.24, 2.45) is 4.99 Å². The van der Waals surface area contributed by atoms with Crippen LogP contribution in [0.5, 0.6) is 0 Å². The third kappa shape index (κ3) is 3.43. The fourth-order valence-electron chi connectivity index (χ4n) is 1.89. The Morgan fingerprint density at radius 1 is 1.33 bits per heavy atom. The molecular formula is C11H20F2N2. The van der Waals surface area contributed by atoms with E-state index in [1.54, 1.807) is 0 Å². The lowest BCUT2D eigenvalue weighted by molar-refractivity contribution is 0.299. The lowest BCUT2D eigenvalue weighted by Crippen LogP contribution is -2.34. The molecule has 0 aliphatic carbocycles. The second-order valence-electron chi connectivity index (χ2n) is 4.12. The number of unbranched alkanes of at least 4 members (excludes halogenated alkanes) is 1. The Balaban J connectivity index is 2.55. The molecule has 0 radical (unpaired) electrons. The highest BCUT2D eigenvalue weighted by atomic mass is 19.1. The van der Waals surface area contributed by atoms with Crippen LogP contribution in [-0.2, 0) is 0 Å². The average Bonchev–Trinajstić information content (AvgIpc) is 2.60. The maximum Gasteiger partial charge on any atom is 0.0971 e. The van der Waals surface area contributed by atoms with Crippen LogP contribution in [0.3, 0.4) is 0 Å². The second-order valence-corrected chi connectivity index (χ2v) is 4.12. The summed E-state index contributed by atoms with van der Waals surface area (Å²) in [6, 6.07) is 0. The number of halogens is 2. The van der Waals surface area contributed by atoms with Gasteiger partial charge in [-0.15, -0.1) is 0 Å².